The van der Waals surface area contributed by atoms with Crippen molar-refractivity contribution in [1.82, 2.24) is 14.5 Å². The van der Waals surface area contributed by atoms with Gasteiger partial charge < -0.3 is 5.32 Å². The highest BCUT2D eigenvalue weighted by molar-refractivity contribution is 6.30. The van der Waals surface area contributed by atoms with Crippen LogP contribution in [-0.2, 0) is 6.54 Å². The van der Waals surface area contributed by atoms with Crippen LogP contribution in [0.1, 0.15) is 19.0 Å². The third-order valence-corrected chi connectivity index (χ3v) is 2.71. The Morgan fingerprint density at radius 2 is 2.26 bits per heavy atom. The van der Waals surface area contributed by atoms with Crippen LogP contribution in [-0.4, -0.2) is 21.1 Å². The van der Waals surface area contributed by atoms with Crippen molar-refractivity contribution in [2.45, 2.75) is 19.9 Å². The fraction of sp³-hybridized carbons (Fsp3) is 0.308. The van der Waals surface area contributed by atoms with Crippen LogP contribution in [0.15, 0.2) is 35.4 Å². The van der Waals surface area contributed by atoms with E-state index < -0.39 is 0 Å². The minimum Gasteiger partial charge on any atom is -0.370 e. The minimum absolute atomic E-state index is 0.335. The monoisotopic (exact) mass is 278 g/mol. The smallest absolute Gasteiger partial charge is 0.347 e. The summed E-state index contributed by atoms with van der Waals surface area (Å²) in [5, 5.41) is 3.64. The van der Waals surface area contributed by atoms with Gasteiger partial charge >= 0.3 is 5.69 Å². The maximum Gasteiger partial charge on any atom is 0.347 e. The van der Waals surface area contributed by atoms with E-state index in [0.29, 0.717) is 11.6 Å². The lowest BCUT2D eigenvalue weighted by Crippen LogP contribution is -2.22. The van der Waals surface area contributed by atoms with Gasteiger partial charge in [0, 0.05) is 12.7 Å². The predicted octanol–water partition coefficient (Wildman–Crippen LogP) is 2.16. The van der Waals surface area contributed by atoms with Gasteiger partial charge in [-0.3, -0.25) is 4.57 Å². The highest BCUT2D eigenvalue weighted by Crippen LogP contribution is 2.07. The summed E-state index contributed by atoms with van der Waals surface area (Å²) in [6.45, 7) is 3.32. The van der Waals surface area contributed by atoms with Crippen molar-refractivity contribution in [1.29, 1.82) is 0 Å². The second-order valence-electron chi connectivity index (χ2n) is 4.12. The van der Waals surface area contributed by atoms with Crippen molar-refractivity contribution >= 4 is 17.4 Å². The van der Waals surface area contributed by atoms with E-state index in [4.69, 9.17) is 11.6 Å². The Morgan fingerprint density at radius 1 is 1.42 bits per heavy atom. The molecule has 2 heterocycles. The van der Waals surface area contributed by atoms with E-state index in [2.05, 4.69) is 22.2 Å². The minimum atomic E-state index is -0.335. The number of hydrogen-bond donors (Lipinski definition) is 1. The highest BCUT2D eigenvalue weighted by Gasteiger charge is 2.02. The van der Waals surface area contributed by atoms with Crippen LogP contribution in [0.25, 0.3) is 0 Å². The van der Waals surface area contributed by atoms with Gasteiger partial charge in [0.15, 0.2) is 0 Å². The summed E-state index contributed by atoms with van der Waals surface area (Å²) < 4.78 is 1.44. The fourth-order valence-corrected chi connectivity index (χ4v) is 1.80. The zero-order chi connectivity index (χ0) is 13.7. The average Bonchev–Trinajstić information content (AvgIpc) is 2.41. The standard InChI is InChI=1S/C13H15ClN4O/c1-2-6-15-12-5-3-4-11(17-12)9-18-8-10(14)7-16-13(18)19/h3-5,7-8H,2,6,9H2,1H3,(H,15,17). The molecule has 2 aromatic rings. The molecule has 6 heteroatoms. The van der Waals surface area contributed by atoms with Gasteiger partial charge in [-0.2, -0.15) is 0 Å². The van der Waals surface area contributed by atoms with Crippen molar-refractivity contribution in [3.63, 3.8) is 0 Å². The summed E-state index contributed by atoms with van der Waals surface area (Å²) >= 11 is 5.83. The Morgan fingerprint density at radius 3 is 3.05 bits per heavy atom. The molecule has 0 saturated heterocycles. The molecule has 0 bridgehead atoms. The lowest BCUT2D eigenvalue weighted by molar-refractivity contribution is 0.711. The normalized spacial score (nSPS) is 10.4. The molecule has 0 spiro atoms. The van der Waals surface area contributed by atoms with Gasteiger partial charge in [-0.15, -0.1) is 0 Å². The zero-order valence-corrected chi connectivity index (χ0v) is 11.4. The van der Waals surface area contributed by atoms with E-state index in [1.807, 2.05) is 18.2 Å². The number of anilines is 1. The van der Waals surface area contributed by atoms with Crippen LogP contribution in [0, 0.1) is 0 Å². The van der Waals surface area contributed by atoms with Crippen LogP contribution in [0.4, 0.5) is 5.82 Å². The molecule has 0 fully saturated rings. The van der Waals surface area contributed by atoms with E-state index >= 15 is 0 Å². The molecule has 2 aromatic heterocycles. The van der Waals surface area contributed by atoms with Crippen molar-refractivity contribution in [3.05, 3.63) is 51.8 Å². The second kappa shape index (κ2) is 6.33. The van der Waals surface area contributed by atoms with Crippen molar-refractivity contribution in [3.8, 4) is 0 Å². The number of pyridine rings is 1. The Hall–Kier alpha value is -1.88. The number of nitrogens with zero attached hydrogens (tertiary/aromatic N) is 3. The molecule has 0 radical (unpaired) electrons. The molecule has 0 atom stereocenters. The molecule has 0 saturated carbocycles. The molecular formula is C13H15ClN4O. The van der Waals surface area contributed by atoms with Crippen LogP contribution < -0.4 is 11.0 Å². The van der Waals surface area contributed by atoms with Crippen LogP contribution in [0.3, 0.4) is 0 Å². The van der Waals surface area contributed by atoms with Crippen LogP contribution in [0.5, 0.6) is 0 Å². The Kier molecular flexibility index (Phi) is 4.52. The number of rotatable bonds is 5. The average molecular weight is 279 g/mol. The SMILES string of the molecule is CCCNc1cccc(Cn2cc(Cl)cnc2=O)n1. The molecular weight excluding hydrogens is 264 g/mol. The molecule has 0 aliphatic carbocycles. The van der Waals surface area contributed by atoms with Gasteiger partial charge in [0.1, 0.15) is 5.82 Å². The number of hydrogen-bond acceptors (Lipinski definition) is 4. The fourth-order valence-electron chi connectivity index (χ4n) is 1.64. The first-order chi connectivity index (χ1) is 9.19. The zero-order valence-electron chi connectivity index (χ0n) is 10.6. The number of aromatic nitrogens is 3. The molecule has 5 nitrogen and oxygen atoms in total. The third kappa shape index (κ3) is 3.79. The maximum atomic E-state index is 11.6. The molecule has 0 amide bonds. The van der Waals surface area contributed by atoms with Crippen molar-refractivity contribution < 1.29 is 0 Å². The Labute approximate surface area is 116 Å². The van der Waals surface area contributed by atoms with Crippen molar-refractivity contribution in [2.75, 3.05) is 11.9 Å². The van der Waals surface area contributed by atoms with Gasteiger partial charge in [0.2, 0.25) is 0 Å². The first-order valence-corrected chi connectivity index (χ1v) is 6.48. The maximum absolute atomic E-state index is 11.6. The molecule has 2 rings (SSSR count). The van der Waals surface area contributed by atoms with Crippen molar-refractivity contribution in [2.24, 2.45) is 0 Å². The summed E-state index contributed by atoms with van der Waals surface area (Å²) in [5.74, 6) is 0.808. The largest absolute Gasteiger partial charge is 0.370 e. The molecule has 0 aliphatic rings. The van der Waals surface area contributed by atoms with Gasteiger partial charge in [-0.05, 0) is 18.6 Å². The molecule has 19 heavy (non-hydrogen) atoms. The van der Waals surface area contributed by atoms with E-state index in [-0.39, 0.29) is 5.69 Å². The number of nitrogens with one attached hydrogen (secondary N) is 1. The second-order valence-corrected chi connectivity index (χ2v) is 4.56. The summed E-state index contributed by atoms with van der Waals surface area (Å²) in [7, 11) is 0. The van der Waals surface area contributed by atoms with E-state index in [1.54, 1.807) is 6.20 Å². The van der Waals surface area contributed by atoms with Gasteiger partial charge in [0.05, 0.1) is 23.5 Å². The molecule has 100 valence electrons. The summed E-state index contributed by atoms with van der Waals surface area (Å²) in [5.41, 5.74) is 0.449. The third-order valence-electron chi connectivity index (χ3n) is 2.52. The highest BCUT2D eigenvalue weighted by atomic mass is 35.5. The molecule has 0 aliphatic heterocycles. The van der Waals surface area contributed by atoms with E-state index in [9.17, 15) is 4.79 Å². The predicted molar refractivity (Wildman–Crippen MR) is 75.6 cm³/mol. The topological polar surface area (TPSA) is 59.8 Å². The Bertz CT molecular complexity index is 612. The van der Waals surface area contributed by atoms with Crippen LogP contribution >= 0.6 is 11.6 Å². The van der Waals surface area contributed by atoms with E-state index in [0.717, 1.165) is 24.5 Å². The molecule has 0 aromatic carbocycles. The Balaban J connectivity index is 2.18. The summed E-state index contributed by atoms with van der Waals surface area (Å²) in [4.78, 5) is 19.7. The van der Waals surface area contributed by atoms with Gasteiger partial charge in [-0.1, -0.05) is 24.6 Å². The summed E-state index contributed by atoms with van der Waals surface area (Å²) in [6, 6.07) is 5.67. The van der Waals surface area contributed by atoms with E-state index in [1.165, 1.54) is 10.8 Å². The molecule has 0 unspecified atom stereocenters. The first-order valence-electron chi connectivity index (χ1n) is 6.11. The quantitative estimate of drug-likeness (QED) is 0.910. The lowest BCUT2D eigenvalue weighted by atomic mass is 10.3. The summed E-state index contributed by atoms with van der Waals surface area (Å²) in [6.07, 6.45) is 3.93. The number of halogens is 1. The van der Waals surface area contributed by atoms with Crippen LogP contribution in [0.2, 0.25) is 5.02 Å². The lowest BCUT2D eigenvalue weighted by Gasteiger charge is -2.08. The van der Waals surface area contributed by atoms with Gasteiger partial charge in [0.25, 0.3) is 0 Å². The molecule has 1 N–H and O–H groups in total. The first kappa shape index (κ1) is 13.5. The van der Waals surface area contributed by atoms with Gasteiger partial charge in [-0.25, -0.2) is 14.8 Å².